The Morgan fingerprint density at radius 1 is 1.41 bits per heavy atom. The Labute approximate surface area is 106 Å². The van der Waals surface area contributed by atoms with E-state index in [-0.39, 0.29) is 0 Å². The number of carbonyl (C=O) groups is 1. The second-order valence-corrected chi connectivity index (χ2v) is 4.32. The molecule has 0 aliphatic heterocycles. The van der Waals surface area contributed by atoms with Gasteiger partial charge in [0.2, 0.25) is 0 Å². The largest absolute Gasteiger partial charge is 0.494 e. The van der Waals surface area contributed by atoms with Gasteiger partial charge in [-0.1, -0.05) is 26.2 Å². The van der Waals surface area contributed by atoms with E-state index in [9.17, 15) is 4.79 Å². The summed E-state index contributed by atoms with van der Waals surface area (Å²) in [7, 11) is 0. The van der Waals surface area contributed by atoms with Crippen molar-refractivity contribution in [2.24, 2.45) is 0 Å². The third kappa shape index (κ3) is 2.47. The highest BCUT2D eigenvalue weighted by atomic mass is 32.1. The van der Waals surface area contributed by atoms with Gasteiger partial charge in [0, 0.05) is 5.39 Å². The fourth-order valence-corrected chi connectivity index (χ4v) is 2.00. The zero-order valence-electron chi connectivity index (χ0n) is 9.72. The van der Waals surface area contributed by atoms with Gasteiger partial charge in [-0.2, -0.15) is 0 Å². The van der Waals surface area contributed by atoms with Crippen molar-refractivity contribution in [1.82, 2.24) is 3.97 Å². The monoisotopic (exact) mass is 249 g/mol. The highest BCUT2D eigenvalue weighted by Crippen LogP contribution is 2.24. The molecule has 1 heterocycles. The fraction of sp³-hybridized carbons (Fsp3) is 0.308. The lowest BCUT2D eigenvalue weighted by atomic mass is 10.2. The maximum atomic E-state index is 10.8. The molecule has 17 heavy (non-hydrogen) atoms. The molecule has 0 radical (unpaired) electrons. The predicted molar refractivity (Wildman–Crippen MR) is 72.1 cm³/mol. The number of aldehydes is 1. The summed E-state index contributed by atoms with van der Waals surface area (Å²) in [6, 6.07) is 7.56. The van der Waals surface area contributed by atoms with Crippen LogP contribution in [0.4, 0.5) is 0 Å². The van der Waals surface area contributed by atoms with Crippen LogP contribution >= 0.6 is 12.8 Å². The van der Waals surface area contributed by atoms with Crippen LogP contribution in [-0.2, 0) is 0 Å². The van der Waals surface area contributed by atoms with Gasteiger partial charge >= 0.3 is 0 Å². The third-order valence-corrected chi connectivity index (χ3v) is 3.11. The van der Waals surface area contributed by atoms with Gasteiger partial charge in [0.1, 0.15) is 5.75 Å². The Hall–Kier alpha value is -1.42. The first-order valence-corrected chi connectivity index (χ1v) is 6.09. The van der Waals surface area contributed by atoms with Crippen LogP contribution in [0.5, 0.6) is 5.75 Å². The van der Waals surface area contributed by atoms with Crippen molar-refractivity contribution >= 4 is 30.0 Å². The predicted octanol–water partition coefficient (Wildman–Crippen LogP) is 3.33. The molecule has 3 nitrogen and oxygen atoms in total. The van der Waals surface area contributed by atoms with Crippen molar-refractivity contribution in [3.63, 3.8) is 0 Å². The molecule has 90 valence electrons. The molecule has 0 unspecified atom stereocenters. The van der Waals surface area contributed by atoms with Crippen LogP contribution in [-0.4, -0.2) is 16.9 Å². The molecule has 1 aromatic heterocycles. The average molecular weight is 249 g/mol. The first-order valence-electron chi connectivity index (χ1n) is 5.69. The third-order valence-electron chi connectivity index (χ3n) is 2.66. The smallest absolute Gasteiger partial charge is 0.167 e. The lowest BCUT2D eigenvalue weighted by molar-refractivity contribution is 0.111. The molecule has 0 amide bonds. The normalized spacial score (nSPS) is 10.7. The van der Waals surface area contributed by atoms with Gasteiger partial charge in [0.15, 0.2) is 6.29 Å². The van der Waals surface area contributed by atoms with E-state index in [1.807, 2.05) is 24.3 Å². The number of unbranched alkanes of at least 4 members (excludes halogenated alkanes) is 1. The first-order chi connectivity index (χ1) is 8.26. The standard InChI is InChI=1S/C13H15NO2S/c1-2-3-6-16-12-4-5-13-10(8-12)7-11(9-15)14(13)17/h4-5,7-9,17H,2-3,6H2,1H3. The molecule has 0 bridgehead atoms. The van der Waals surface area contributed by atoms with E-state index < -0.39 is 0 Å². The highest BCUT2D eigenvalue weighted by molar-refractivity contribution is 7.78. The van der Waals surface area contributed by atoms with Crippen molar-refractivity contribution in [3.05, 3.63) is 30.0 Å². The molecule has 0 aliphatic rings. The van der Waals surface area contributed by atoms with Crippen molar-refractivity contribution in [1.29, 1.82) is 0 Å². The van der Waals surface area contributed by atoms with E-state index in [1.54, 1.807) is 3.97 Å². The summed E-state index contributed by atoms with van der Waals surface area (Å²) in [5, 5.41) is 0.969. The average Bonchev–Trinajstić information content (AvgIpc) is 2.66. The zero-order chi connectivity index (χ0) is 12.3. The maximum Gasteiger partial charge on any atom is 0.167 e. The lowest BCUT2D eigenvalue weighted by Crippen LogP contribution is -1.95. The second kappa shape index (κ2) is 5.27. The summed E-state index contributed by atoms with van der Waals surface area (Å²) in [5.74, 6) is 0.835. The van der Waals surface area contributed by atoms with Crippen molar-refractivity contribution in [3.8, 4) is 5.75 Å². The number of thiol groups is 1. The van der Waals surface area contributed by atoms with Gasteiger partial charge in [-0.05, 0) is 30.7 Å². The molecule has 0 N–H and O–H groups in total. The Kier molecular flexibility index (Phi) is 3.74. The lowest BCUT2D eigenvalue weighted by Gasteiger charge is -2.05. The molecule has 0 atom stereocenters. The summed E-state index contributed by atoms with van der Waals surface area (Å²) in [4.78, 5) is 10.8. The van der Waals surface area contributed by atoms with Crippen molar-refractivity contribution in [2.75, 3.05) is 6.61 Å². The van der Waals surface area contributed by atoms with Crippen molar-refractivity contribution in [2.45, 2.75) is 19.8 Å². The van der Waals surface area contributed by atoms with Crippen LogP contribution < -0.4 is 4.74 Å². The van der Waals surface area contributed by atoms with E-state index in [0.717, 1.165) is 42.4 Å². The summed E-state index contributed by atoms with van der Waals surface area (Å²) in [6.45, 7) is 2.86. The maximum absolute atomic E-state index is 10.8. The number of hydrogen-bond acceptors (Lipinski definition) is 3. The molecule has 0 saturated carbocycles. The number of rotatable bonds is 5. The molecule has 1 aromatic carbocycles. The first kappa shape index (κ1) is 12.0. The molecule has 0 saturated heterocycles. The Morgan fingerprint density at radius 3 is 2.94 bits per heavy atom. The van der Waals surface area contributed by atoms with Gasteiger partial charge in [-0.3, -0.25) is 8.77 Å². The number of aromatic nitrogens is 1. The second-order valence-electron chi connectivity index (χ2n) is 3.92. The zero-order valence-corrected chi connectivity index (χ0v) is 10.6. The van der Waals surface area contributed by atoms with Gasteiger partial charge < -0.3 is 4.74 Å². The number of nitrogens with zero attached hydrogens (tertiary/aromatic N) is 1. The molecule has 0 spiro atoms. The van der Waals surface area contributed by atoms with Crippen LogP contribution in [0.25, 0.3) is 10.9 Å². The molecular formula is C13H15NO2S. The number of fused-ring (bicyclic) bond motifs is 1. The number of hydrogen-bond donors (Lipinski definition) is 1. The van der Waals surface area contributed by atoms with Crippen LogP contribution in [0.15, 0.2) is 24.3 Å². The number of ether oxygens (including phenoxy) is 1. The Balaban J connectivity index is 2.28. The molecule has 2 rings (SSSR count). The van der Waals surface area contributed by atoms with Crippen LogP contribution in [0, 0.1) is 0 Å². The molecule has 0 fully saturated rings. The van der Waals surface area contributed by atoms with E-state index in [2.05, 4.69) is 19.7 Å². The molecule has 0 aliphatic carbocycles. The van der Waals surface area contributed by atoms with E-state index in [4.69, 9.17) is 4.74 Å². The van der Waals surface area contributed by atoms with Gasteiger partial charge in [-0.25, -0.2) is 0 Å². The summed E-state index contributed by atoms with van der Waals surface area (Å²) in [5.41, 5.74) is 1.47. The van der Waals surface area contributed by atoms with Gasteiger partial charge in [0.05, 0.1) is 17.8 Å². The van der Waals surface area contributed by atoms with Crippen LogP contribution in [0.1, 0.15) is 30.3 Å². The topological polar surface area (TPSA) is 31.2 Å². The van der Waals surface area contributed by atoms with Gasteiger partial charge in [0.25, 0.3) is 0 Å². The van der Waals surface area contributed by atoms with E-state index in [1.165, 1.54) is 0 Å². The minimum absolute atomic E-state index is 0.550. The fourth-order valence-electron chi connectivity index (χ4n) is 1.71. The summed E-state index contributed by atoms with van der Waals surface area (Å²) >= 11 is 4.26. The van der Waals surface area contributed by atoms with Crippen LogP contribution in [0.2, 0.25) is 0 Å². The van der Waals surface area contributed by atoms with Crippen molar-refractivity contribution < 1.29 is 9.53 Å². The van der Waals surface area contributed by atoms with Gasteiger partial charge in [-0.15, -0.1) is 0 Å². The number of carbonyl (C=O) groups excluding carboxylic acids is 1. The van der Waals surface area contributed by atoms with E-state index >= 15 is 0 Å². The van der Waals surface area contributed by atoms with Crippen LogP contribution in [0.3, 0.4) is 0 Å². The summed E-state index contributed by atoms with van der Waals surface area (Å²) in [6.07, 6.45) is 2.96. The highest BCUT2D eigenvalue weighted by Gasteiger charge is 2.06. The quantitative estimate of drug-likeness (QED) is 0.500. The molecule has 2 aromatic rings. The minimum Gasteiger partial charge on any atom is -0.494 e. The SMILES string of the molecule is CCCCOc1ccc2c(c1)cc(C=O)n2S. The number of benzene rings is 1. The Bertz CT molecular complexity index is 533. The molecular weight excluding hydrogens is 234 g/mol. The van der Waals surface area contributed by atoms with E-state index in [0.29, 0.717) is 5.69 Å². The molecule has 4 heteroatoms. The summed E-state index contributed by atoms with van der Waals surface area (Å²) < 4.78 is 7.20. The minimum atomic E-state index is 0.550. The Morgan fingerprint density at radius 2 is 2.24 bits per heavy atom.